The Morgan fingerprint density at radius 1 is 1.45 bits per heavy atom. The van der Waals surface area contributed by atoms with Crippen molar-refractivity contribution < 1.29 is 23.8 Å². The minimum atomic E-state index is -1.03. The lowest BCUT2D eigenvalue weighted by atomic mass is 9.99. The molecule has 7 heteroatoms. The van der Waals surface area contributed by atoms with Crippen LogP contribution in [0.1, 0.15) is 29.6 Å². The summed E-state index contributed by atoms with van der Waals surface area (Å²) in [6.45, 7) is 3.52. The van der Waals surface area contributed by atoms with Gasteiger partial charge in [-0.15, -0.1) is 0 Å². The third kappa shape index (κ3) is 3.62. The second-order valence-corrected chi connectivity index (χ2v) is 5.46. The van der Waals surface area contributed by atoms with Crippen LogP contribution in [0.25, 0.3) is 11.1 Å². The summed E-state index contributed by atoms with van der Waals surface area (Å²) < 4.78 is 10.4. The molecular weight excluding hydrogens is 288 g/mol. The standard InChI is InChI=1S/C15H18N2O5/c1-9-4-5-11-10(16-9)6-12(22-11)14(20)17-15(2,8-21-3)7-13(18)19/h4-6H,7-8H2,1-3H3,(H,17,20)(H,18,19). The number of ether oxygens (including phenoxy) is 1. The van der Waals surface area contributed by atoms with Gasteiger partial charge in [0.25, 0.3) is 5.91 Å². The Kier molecular flexibility index (Phi) is 4.46. The lowest BCUT2D eigenvalue weighted by molar-refractivity contribution is -0.139. The third-order valence-electron chi connectivity index (χ3n) is 3.16. The smallest absolute Gasteiger partial charge is 0.305 e. The maximum atomic E-state index is 12.3. The highest BCUT2D eigenvalue weighted by atomic mass is 16.5. The normalized spacial score (nSPS) is 13.8. The Labute approximate surface area is 127 Å². The SMILES string of the molecule is COCC(C)(CC(=O)O)NC(=O)c1cc2nc(C)ccc2o1. The topological polar surface area (TPSA) is 102 Å². The van der Waals surface area contributed by atoms with Gasteiger partial charge in [0.05, 0.1) is 18.6 Å². The number of pyridine rings is 1. The number of carbonyl (C=O) groups is 2. The molecule has 0 spiro atoms. The molecular formula is C15H18N2O5. The van der Waals surface area contributed by atoms with Gasteiger partial charge < -0.3 is 19.6 Å². The quantitative estimate of drug-likeness (QED) is 0.843. The number of carboxylic acid groups (broad SMARTS) is 1. The first-order valence-corrected chi connectivity index (χ1v) is 6.73. The van der Waals surface area contributed by atoms with E-state index in [1.54, 1.807) is 19.1 Å². The summed E-state index contributed by atoms with van der Waals surface area (Å²) in [5, 5.41) is 11.6. The van der Waals surface area contributed by atoms with Crippen molar-refractivity contribution in [3.63, 3.8) is 0 Å². The zero-order chi connectivity index (χ0) is 16.3. The fraction of sp³-hybridized carbons (Fsp3) is 0.400. The fourth-order valence-corrected chi connectivity index (χ4v) is 2.26. The zero-order valence-corrected chi connectivity index (χ0v) is 12.7. The van der Waals surface area contributed by atoms with Gasteiger partial charge in [0.15, 0.2) is 11.3 Å². The number of aliphatic carboxylic acids is 1. The largest absolute Gasteiger partial charge is 0.481 e. The molecule has 0 radical (unpaired) electrons. The average Bonchev–Trinajstić information content (AvgIpc) is 2.80. The van der Waals surface area contributed by atoms with Crippen molar-refractivity contribution in [1.29, 1.82) is 0 Å². The molecule has 2 aromatic heterocycles. The molecule has 2 aromatic rings. The molecule has 0 saturated carbocycles. The van der Waals surface area contributed by atoms with Crippen LogP contribution in [0.3, 0.4) is 0 Å². The molecule has 0 aromatic carbocycles. The summed E-state index contributed by atoms with van der Waals surface area (Å²) in [5.41, 5.74) is 0.870. The van der Waals surface area contributed by atoms with Crippen LogP contribution in [0.15, 0.2) is 22.6 Å². The maximum Gasteiger partial charge on any atom is 0.305 e. The van der Waals surface area contributed by atoms with Gasteiger partial charge in [-0.25, -0.2) is 4.98 Å². The number of furan rings is 1. The minimum Gasteiger partial charge on any atom is -0.481 e. The van der Waals surface area contributed by atoms with Crippen molar-refractivity contribution in [3.8, 4) is 0 Å². The molecule has 0 aliphatic heterocycles. The number of fused-ring (bicyclic) bond motifs is 1. The van der Waals surface area contributed by atoms with Crippen LogP contribution in [0.4, 0.5) is 0 Å². The van der Waals surface area contributed by atoms with Crippen LogP contribution in [0.2, 0.25) is 0 Å². The highest BCUT2D eigenvalue weighted by Gasteiger charge is 2.31. The predicted molar refractivity (Wildman–Crippen MR) is 78.7 cm³/mol. The van der Waals surface area contributed by atoms with Gasteiger partial charge in [0.1, 0.15) is 5.52 Å². The molecule has 1 unspecified atom stereocenters. The number of methoxy groups -OCH3 is 1. The first-order valence-electron chi connectivity index (χ1n) is 6.73. The second-order valence-electron chi connectivity index (χ2n) is 5.46. The summed E-state index contributed by atoms with van der Waals surface area (Å²) in [6, 6.07) is 5.05. The van der Waals surface area contributed by atoms with Crippen LogP contribution in [-0.2, 0) is 9.53 Å². The maximum absolute atomic E-state index is 12.3. The molecule has 1 amide bonds. The highest BCUT2D eigenvalue weighted by molar-refractivity contribution is 5.95. The molecule has 118 valence electrons. The van der Waals surface area contributed by atoms with E-state index in [-0.39, 0.29) is 18.8 Å². The number of carbonyl (C=O) groups excluding carboxylic acids is 1. The molecule has 22 heavy (non-hydrogen) atoms. The molecule has 0 saturated heterocycles. The van der Waals surface area contributed by atoms with Gasteiger partial charge >= 0.3 is 5.97 Å². The molecule has 0 fully saturated rings. The van der Waals surface area contributed by atoms with Crippen molar-refractivity contribution in [2.45, 2.75) is 25.8 Å². The summed E-state index contributed by atoms with van der Waals surface area (Å²) in [6.07, 6.45) is -0.260. The van der Waals surface area contributed by atoms with E-state index in [2.05, 4.69) is 10.3 Å². The molecule has 1 atom stereocenters. The van der Waals surface area contributed by atoms with Gasteiger partial charge in [-0.05, 0) is 26.0 Å². The number of aromatic nitrogens is 1. The molecule has 0 aliphatic carbocycles. The Balaban J connectivity index is 2.22. The molecule has 2 N–H and O–H groups in total. The predicted octanol–water partition coefficient (Wildman–Crippen LogP) is 1.75. The first kappa shape index (κ1) is 16.0. The van der Waals surface area contributed by atoms with E-state index >= 15 is 0 Å². The van der Waals surface area contributed by atoms with E-state index in [4.69, 9.17) is 14.3 Å². The lowest BCUT2D eigenvalue weighted by Gasteiger charge is -2.27. The number of nitrogens with zero attached hydrogens (tertiary/aromatic N) is 1. The number of nitrogens with one attached hydrogen (secondary N) is 1. The van der Waals surface area contributed by atoms with Crippen LogP contribution in [-0.4, -0.2) is 41.2 Å². The van der Waals surface area contributed by atoms with E-state index in [9.17, 15) is 9.59 Å². The Hall–Kier alpha value is -2.41. The molecule has 0 bridgehead atoms. The van der Waals surface area contributed by atoms with Crippen molar-refractivity contribution in [3.05, 3.63) is 29.7 Å². The molecule has 2 rings (SSSR count). The number of amides is 1. The van der Waals surface area contributed by atoms with Crippen LogP contribution in [0.5, 0.6) is 0 Å². The van der Waals surface area contributed by atoms with E-state index < -0.39 is 17.4 Å². The van der Waals surface area contributed by atoms with Gasteiger partial charge in [-0.3, -0.25) is 9.59 Å². The van der Waals surface area contributed by atoms with Crippen LogP contribution in [0, 0.1) is 6.92 Å². The van der Waals surface area contributed by atoms with Crippen molar-refractivity contribution in [2.24, 2.45) is 0 Å². The molecule has 2 heterocycles. The number of rotatable bonds is 6. The highest BCUT2D eigenvalue weighted by Crippen LogP contribution is 2.19. The van der Waals surface area contributed by atoms with Crippen molar-refractivity contribution in [2.75, 3.05) is 13.7 Å². The summed E-state index contributed by atoms with van der Waals surface area (Å²) in [7, 11) is 1.44. The van der Waals surface area contributed by atoms with E-state index in [1.807, 2.05) is 6.92 Å². The Morgan fingerprint density at radius 3 is 2.82 bits per heavy atom. The lowest BCUT2D eigenvalue weighted by Crippen LogP contribution is -2.50. The fourth-order valence-electron chi connectivity index (χ4n) is 2.26. The van der Waals surface area contributed by atoms with Gasteiger partial charge in [-0.1, -0.05) is 0 Å². The average molecular weight is 306 g/mol. The monoisotopic (exact) mass is 306 g/mol. The van der Waals surface area contributed by atoms with E-state index in [0.717, 1.165) is 5.69 Å². The summed E-state index contributed by atoms with van der Waals surface area (Å²) in [4.78, 5) is 27.5. The number of carboxylic acids is 1. The summed E-state index contributed by atoms with van der Waals surface area (Å²) in [5.74, 6) is -1.45. The first-order chi connectivity index (χ1) is 10.3. The van der Waals surface area contributed by atoms with Crippen LogP contribution >= 0.6 is 0 Å². The summed E-state index contributed by atoms with van der Waals surface area (Å²) >= 11 is 0. The second kappa shape index (κ2) is 6.15. The van der Waals surface area contributed by atoms with Gasteiger partial charge in [-0.2, -0.15) is 0 Å². The van der Waals surface area contributed by atoms with E-state index in [1.165, 1.54) is 13.2 Å². The minimum absolute atomic E-state index is 0.0721. The Bertz CT molecular complexity index is 709. The molecule has 7 nitrogen and oxygen atoms in total. The number of hydrogen-bond acceptors (Lipinski definition) is 5. The van der Waals surface area contributed by atoms with Gasteiger partial charge in [0, 0.05) is 18.9 Å². The third-order valence-corrected chi connectivity index (χ3v) is 3.16. The van der Waals surface area contributed by atoms with Crippen molar-refractivity contribution in [1.82, 2.24) is 10.3 Å². The zero-order valence-electron chi connectivity index (χ0n) is 12.7. The number of hydrogen-bond donors (Lipinski definition) is 2. The Morgan fingerprint density at radius 2 is 2.18 bits per heavy atom. The van der Waals surface area contributed by atoms with Crippen molar-refractivity contribution >= 4 is 23.0 Å². The van der Waals surface area contributed by atoms with Gasteiger partial charge in [0.2, 0.25) is 0 Å². The molecule has 0 aliphatic rings. The number of aryl methyl sites for hydroxylation is 1. The van der Waals surface area contributed by atoms with E-state index in [0.29, 0.717) is 11.1 Å². The van der Waals surface area contributed by atoms with Crippen LogP contribution < -0.4 is 5.32 Å².